The molecule has 0 amide bonds. The Morgan fingerprint density at radius 1 is 0.833 bits per heavy atom. The average molecular weight is 252 g/mol. The molecule has 3 rings (SSSR count). The van der Waals surface area contributed by atoms with Crippen molar-refractivity contribution in [2.75, 3.05) is 0 Å². The van der Waals surface area contributed by atoms with E-state index in [1.165, 1.54) is 0 Å². The summed E-state index contributed by atoms with van der Waals surface area (Å²) in [6, 6.07) is 18.2. The van der Waals surface area contributed by atoms with Crippen LogP contribution in [0.25, 0.3) is 0 Å². The van der Waals surface area contributed by atoms with E-state index in [4.69, 9.17) is 0 Å². The van der Waals surface area contributed by atoms with Crippen molar-refractivity contribution in [3.05, 3.63) is 59.7 Å². The average Bonchev–Trinajstić information content (AvgIpc) is 2.39. The molecule has 18 heavy (non-hydrogen) atoms. The van der Waals surface area contributed by atoms with Gasteiger partial charge in [-0.25, -0.2) is 0 Å². The lowest BCUT2D eigenvalue weighted by Crippen LogP contribution is -2.62. The van der Waals surface area contributed by atoms with E-state index >= 15 is 0 Å². The zero-order valence-corrected chi connectivity index (χ0v) is 12.4. The van der Waals surface area contributed by atoms with Gasteiger partial charge in [0.25, 0.3) is 0 Å². The molecule has 1 heteroatoms. The summed E-state index contributed by atoms with van der Waals surface area (Å²) < 4.78 is 0. The SMILES string of the molecule is CC(C)[Si]1(C)c2ccccc2Cc2ccccc21. The van der Waals surface area contributed by atoms with Crippen molar-refractivity contribution in [1.82, 2.24) is 0 Å². The van der Waals surface area contributed by atoms with E-state index in [9.17, 15) is 0 Å². The molecule has 0 spiro atoms. The van der Waals surface area contributed by atoms with Crippen molar-refractivity contribution in [2.24, 2.45) is 0 Å². The minimum absolute atomic E-state index is 0.736. The molecule has 0 aliphatic carbocycles. The van der Waals surface area contributed by atoms with Gasteiger partial charge in [-0.1, -0.05) is 79.3 Å². The Balaban J connectivity index is 2.31. The second-order valence-electron chi connectivity index (χ2n) is 5.85. The van der Waals surface area contributed by atoms with Gasteiger partial charge in [0, 0.05) is 0 Å². The molecular weight excluding hydrogens is 232 g/mol. The zero-order valence-electron chi connectivity index (χ0n) is 11.4. The monoisotopic (exact) mass is 252 g/mol. The van der Waals surface area contributed by atoms with E-state index < -0.39 is 8.07 Å². The molecular formula is C17H20Si. The normalized spacial score (nSPS) is 16.2. The first kappa shape index (κ1) is 11.7. The Labute approximate surface area is 111 Å². The van der Waals surface area contributed by atoms with Gasteiger partial charge in [0.05, 0.1) is 0 Å². The lowest BCUT2D eigenvalue weighted by molar-refractivity contribution is 1.02. The molecule has 0 radical (unpaired) electrons. The minimum atomic E-state index is -1.56. The van der Waals surface area contributed by atoms with Crippen molar-refractivity contribution in [3.8, 4) is 0 Å². The summed E-state index contributed by atoms with van der Waals surface area (Å²) in [7, 11) is -1.56. The highest BCUT2D eigenvalue weighted by Crippen LogP contribution is 2.27. The maximum absolute atomic E-state index is 2.54. The lowest BCUT2D eigenvalue weighted by atomic mass is 10.0. The van der Waals surface area contributed by atoms with Crippen molar-refractivity contribution in [3.63, 3.8) is 0 Å². The molecule has 92 valence electrons. The third-order valence-electron chi connectivity index (χ3n) is 4.69. The number of hydrogen-bond donors (Lipinski definition) is 0. The summed E-state index contributed by atoms with van der Waals surface area (Å²) in [5, 5.41) is 3.30. The van der Waals surface area contributed by atoms with E-state index in [1.807, 2.05) is 0 Å². The standard InChI is InChI=1S/C17H20Si/c1-13(2)18(3)16-10-6-4-8-14(16)12-15-9-5-7-11-17(15)18/h4-11,13H,12H2,1-3H3. The van der Waals surface area contributed by atoms with Gasteiger partial charge in [0.1, 0.15) is 8.07 Å². The first-order valence-corrected chi connectivity index (χ1v) is 9.38. The number of fused-ring (bicyclic) bond motifs is 2. The molecule has 0 fully saturated rings. The van der Waals surface area contributed by atoms with Crippen LogP contribution in [0.15, 0.2) is 48.5 Å². The van der Waals surface area contributed by atoms with Crippen LogP contribution in [0, 0.1) is 0 Å². The van der Waals surface area contributed by atoms with E-state index in [-0.39, 0.29) is 0 Å². The summed E-state index contributed by atoms with van der Waals surface area (Å²) in [6.45, 7) is 7.32. The van der Waals surface area contributed by atoms with Crippen molar-refractivity contribution in [1.29, 1.82) is 0 Å². The highest BCUT2D eigenvalue weighted by Gasteiger charge is 2.40. The summed E-state index contributed by atoms with van der Waals surface area (Å²) in [5.41, 5.74) is 3.85. The van der Waals surface area contributed by atoms with Crippen LogP contribution in [0.3, 0.4) is 0 Å². The Morgan fingerprint density at radius 3 is 1.72 bits per heavy atom. The van der Waals surface area contributed by atoms with E-state index in [1.54, 1.807) is 21.5 Å². The van der Waals surface area contributed by atoms with Gasteiger partial charge >= 0.3 is 0 Å². The second kappa shape index (κ2) is 4.10. The molecule has 2 aromatic rings. The van der Waals surface area contributed by atoms with Crippen molar-refractivity contribution in [2.45, 2.75) is 32.4 Å². The first-order valence-electron chi connectivity index (χ1n) is 6.81. The quantitative estimate of drug-likeness (QED) is 0.684. The summed E-state index contributed by atoms with van der Waals surface area (Å²) >= 11 is 0. The molecule has 0 unspecified atom stereocenters. The van der Waals surface area contributed by atoms with Gasteiger partial charge in [0.15, 0.2) is 0 Å². The first-order chi connectivity index (χ1) is 8.64. The summed E-state index contributed by atoms with van der Waals surface area (Å²) in [4.78, 5) is 0. The van der Waals surface area contributed by atoms with Gasteiger partial charge in [-0.05, 0) is 23.1 Å². The van der Waals surface area contributed by atoms with Gasteiger partial charge in [-0.3, -0.25) is 0 Å². The summed E-state index contributed by atoms with van der Waals surface area (Å²) in [6.07, 6.45) is 1.11. The molecule has 0 saturated heterocycles. The molecule has 0 aromatic heterocycles. The number of rotatable bonds is 1. The Morgan fingerprint density at radius 2 is 1.28 bits per heavy atom. The maximum atomic E-state index is 2.54. The topological polar surface area (TPSA) is 0 Å². The Bertz CT molecular complexity index is 538. The molecule has 1 aliphatic heterocycles. The van der Waals surface area contributed by atoms with Gasteiger partial charge in [-0.15, -0.1) is 0 Å². The molecule has 1 heterocycles. The highest BCUT2D eigenvalue weighted by atomic mass is 28.3. The van der Waals surface area contributed by atoms with Crippen molar-refractivity contribution >= 4 is 18.4 Å². The maximum Gasteiger partial charge on any atom is 0.118 e. The molecule has 2 aromatic carbocycles. The predicted molar refractivity (Wildman–Crippen MR) is 81.7 cm³/mol. The third-order valence-corrected chi connectivity index (χ3v) is 10.2. The predicted octanol–water partition coefficient (Wildman–Crippen LogP) is 3.19. The third kappa shape index (κ3) is 1.50. The van der Waals surface area contributed by atoms with E-state index in [2.05, 4.69) is 68.9 Å². The van der Waals surface area contributed by atoms with Crippen LogP contribution in [-0.4, -0.2) is 8.07 Å². The molecule has 0 bridgehead atoms. The van der Waals surface area contributed by atoms with Crippen LogP contribution >= 0.6 is 0 Å². The van der Waals surface area contributed by atoms with Gasteiger partial charge < -0.3 is 0 Å². The fraction of sp³-hybridized carbons (Fsp3) is 0.294. The molecule has 0 nitrogen and oxygen atoms in total. The number of hydrogen-bond acceptors (Lipinski definition) is 0. The smallest absolute Gasteiger partial charge is 0.0646 e. The molecule has 0 N–H and O–H groups in total. The van der Waals surface area contributed by atoms with Crippen LogP contribution < -0.4 is 10.4 Å². The van der Waals surface area contributed by atoms with Crippen LogP contribution in [0.5, 0.6) is 0 Å². The summed E-state index contributed by atoms with van der Waals surface area (Å²) in [5.74, 6) is 0. The Hall–Kier alpha value is -1.34. The molecule has 1 aliphatic rings. The Kier molecular flexibility index (Phi) is 2.67. The highest BCUT2D eigenvalue weighted by molar-refractivity contribution is 7.03. The van der Waals surface area contributed by atoms with E-state index in [0.717, 1.165) is 12.0 Å². The molecule has 0 saturated carbocycles. The lowest BCUT2D eigenvalue weighted by Gasteiger charge is -2.39. The fourth-order valence-electron chi connectivity index (χ4n) is 3.33. The van der Waals surface area contributed by atoms with Gasteiger partial charge in [0.2, 0.25) is 0 Å². The molecule has 0 atom stereocenters. The van der Waals surface area contributed by atoms with Gasteiger partial charge in [-0.2, -0.15) is 0 Å². The van der Waals surface area contributed by atoms with Crippen LogP contribution in [-0.2, 0) is 6.42 Å². The second-order valence-corrected chi connectivity index (χ2v) is 10.5. The minimum Gasteiger partial charge on any atom is -0.0646 e. The van der Waals surface area contributed by atoms with Crippen LogP contribution in [0.4, 0.5) is 0 Å². The van der Waals surface area contributed by atoms with Crippen molar-refractivity contribution < 1.29 is 0 Å². The number of benzene rings is 2. The van der Waals surface area contributed by atoms with Crippen LogP contribution in [0.2, 0.25) is 12.1 Å². The largest absolute Gasteiger partial charge is 0.118 e. The van der Waals surface area contributed by atoms with Crippen LogP contribution in [0.1, 0.15) is 25.0 Å². The zero-order chi connectivity index (χ0) is 12.8. The fourth-order valence-corrected chi connectivity index (χ4v) is 7.43. The van der Waals surface area contributed by atoms with E-state index in [0.29, 0.717) is 0 Å².